The molecule has 0 aliphatic carbocycles. The number of nitrogens with zero attached hydrogens (tertiary/aromatic N) is 2. The summed E-state index contributed by atoms with van der Waals surface area (Å²) in [4.78, 5) is 28.6. The molecule has 0 fully saturated rings. The molecule has 130 valence electrons. The molecule has 4 aromatic rings. The summed E-state index contributed by atoms with van der Waals surface area (Å²) in [7, 11) is 1.29. The summed E-state index contributed by atoms with van der Waals surface area (Å²) in [6.07, 6.45) is 4.89. The van der Waals surface area contributed by atoms with Crippen molar-refractivity contribution in [3.8, 4) is 0 Å². The first-order valence-electron chi connectivity index (χ1n) is 7.80. The number of methoxy groups -OCH3 is 1. The minimum atomic E-state index is -0.535. The number of pyridine rings is 2. The Bertz CT molecular complexity index is 1210. The predicted molar refractivity (Wildman–Crippen MR) is 97.7 cm³/mol. The number of carbonyl (C=O) groups is 1. The number of ether oxygens (including phenoxy) is 1. The van der Waals surface area contributed by atoms with E-state index in [0.29, 0.717) is 27.1 Å². The molecule has 7 heteroatoms. The van der Waals surface area contributed by atoms with Crippen LogP contribution in [0.2, 0.25) is 5.02 Å². The van der Waals surface area contributed by atoms with Crippen LogP contribution in [0.4, 0.5) is 0 Å². The molecule has 0 N–H and O–H groups in total. The minimum absolute atomic E-state index is 0.165. The van der Waals surface area contributed by atoms with Gasteiger partial charge in [0.15, 0.2) is 0 Å². The fourth-order valence-corrected chi connectivity index (χ4v) is 3.15. The number of rotatable bonds is 3. The van der Waals surface area contributed by atoms with Gasteiger partial charge in [-0.15, -0.1) is 0 Å². The van der Waals surface area contributed by atoms with E-state index >= 15 is 0 Å². The summed E-state index contributed by atoms with van der Waals surface area (Å²) >= 11 is 6.07. The molecule has 0 radical (unpaired) electrons. The summed E-state index contributed by atoms with van der Waals surface area (Å²) in [5, 5.41) is 2.43. The Kier molecular flexibility index (Phi) is 3.97. The second-order valence-electron chi connectivity index (χ2n) is 5.79. The van der Waals surface area contributed by atoms with Crippen molar-refractivity contribution in [2.45, 2.75) is 6.54 Å². The van der Waals surface area contributed by atoms with Gasteiger partial charge in [0.1, 0.15) is 16.9 Å². The van der Waals surface area contributed by atoms with Crippen molar-refractivity contribution in [1.82, 2.24) is 9.55 Å². The Labute approximate surface area is 152 Å². The highest BCUT2D eigenvalue weighted by atomic mass is 35.5. The van der Waals surface area contributed by atoms with Crippen molar-refractivity contribution in [1.29, 1.82) is 0 Å². The van der Waals surface area contributed by atoms with Crippen molar-refractivity contribution in [2.75, 3.05) is 7.11 Å². The molecular formula is C19H13ClN2O4. The Morgan fingerprint density at radius 3 is 2.92 bits per heavy atom. The van der Waals surface area contributed by atoms with Crippen LogP contribution in [0.5, 0.6) is 0 Å². The molecule has 0 amide bonds. The molecule has 3 heterocycles. The molecule has 0 spiro atoms. The predicted octanol–water partition coefficient (Wildman–Crippen LogP) is 3.63. The number of furan rings is 1. The van der Waals surface area contributed by atoms with Gasteiger partial charge in [-0.1, -0.05) is 11.6 Å². The van der Waals surface area contributed by atoms with E-state index in [1.165, 1.54) is 17.7 Å². The lowest BCUT2D eigenvalue weighted by Gasteiger charge is -2.05. The van der Waals surface area contributed by atoms with E-state index in [4.69, 9.17) is 20.8 Å². The van der Waals surface area contributed by atoms with E-state index < -0.39 is 5.97 Å². The van der Waals surface area contributed by atoms with Crippen LogP contribution < -0.4 is 5.56 Å². The minimum Gasteiger partial charge on any atom is -0.465 e. The smallest absolute Gasteiger partial charge is 0.341 e. The average Bonchev–Trinajstić information content (AvgIpc) is 3.05. The van der Waals surface area contributed by atoms with Gasteiger partial charge in [-0.2, -0.15) is 0 Å². The molecule has 26 heavy (non-hydrogen) atoms. The van der Waals surface area contributed by atoms with Gasteiger partial charge < -0.3 is 13.7 Å². The third kappa shape index (κ3) is 2.74. The third-order valence-electron chi connectivity index (χ3n) is 4.14. The molecule has 0 saturated carbocycles. The van der Waals surface area contributed by atoms with Crippen molar-refractivity contribution in [3.05, 3.63) is 75.6 Å². The average molecular weight is 369 g/mol. The highest BCUT2D eigenvalue weighted by molar-refractivity contribution is 6.32. The van der Waals surface area contributed by atoms with Gasteiger partial charge in [-0.3, -0.25) is 9.78 Å². The van der Waals surface area contributed by atoms with Crippen molar-refractivity contribution in [2.24, 2.45) is 0 Å². The molecule has 0 aliphatic heterocycles. The lowest BCUT2D eigenvalue weighted by atomic mass is 10.1. The Balaban J connectivity index is 1.80. The summed E-state index contributed by atoms with van der Waals surface area (Å²) < 4.78 is 12.1. The number of hydrogen-bond acceptors (Lipinski definition) is 5. The topological polar surface area (TPSA) is 74.3 Å². The summed E-state index contributed by atoms with van der Waals surface area (Å²) in [6.45, 7) is 0.219. The zero-order chi connectivity index (χ0) is 18.3. The summed E-state index contributed by atoms with van der Waals surface area (Å²) in [5.74, 6) is -0.00916. The molecule has 4 rings (SSSR count). The molecular weight excluding hydrogens is 356 g/mol. The van der Waals surface area contributed by atoms with Gasteiger partial charge >= 0.3 is 5.97 Å². The monoisotopic (exact) mass is 368 g/mol. The van der Waals surface area contributed by atoms with Crippen LogP contribution >= 0.6 is 11.6 Å². The van der Waals surface area contributed by atoms with Crippen LogP contribution in [-0.4, -0.2) is 22.6 Å². The highest BCUT2D eigenvalue weighted by Gasteiger charge is 2.17. The fraction of sp³-hybridized carbons (Fsp3) is 0.105. The number of carbonyl (C=O) groups excluding carboxylic acids is 1. The number of esters is 1. The Hall–Kier alpha value is -3.12. The van der Waals surface area contributed by atoms with E-state index in [2.05, 4.69) is 4.98 Å². The number of fused-ring (bicyclic) bond motifs is 2. The summed E-state index contributed by atoms with van der Waals surface area (Å²) in [5.41, 5.74) is 0.463. The van der Waals surface area contributed by atoms with E-state index in [9.17, 15) is 9.59 Å². The third-order valence-corrected chi connectivity index (χ3v) is 4.36. The van der Waals surface area contributed by atoms with Crippen LogP contribution in [-0.2, 0) is 11.3 Å². The summed E-state index contributed by atoms with van der Waals surface area (Å²) in [6, 6.07) is 8.58. The Morgan fingerprint density at radius 2 is 2.12 bits per heavy atom. The van der Waals surface area contributed by atoms with Crippen molar-refractivity contribution >= 4 is 39.3 Å². The maximum absolute atomic E-state index is 12.6. The van der Waals surface area contributed by atoms with Crippen LogP contribution in [0.15, 0.2) is 58.1 Å². The Morgan fingerprint density at radius 1 is 1.27 bits per heavy atom. The SMILES string of the molecule is COC(=O)c1cc(Cl)cc2cc(Cn3ccc4ccncc4c3=O)oc12. The normalized spacial score (nSPS) is 11.2. The second kappa shape index (κ2) is 6.31. The van der Waals surface area contributed by atoms with Gasteiger partial charge in [-0.05, 0) is 35.7 Å². The first-order chi connectivity index (χ1) is 12.6. The van der Waals surface area contributed by atoms with Gasteiger partial charge in [0.25, 0.3) is 5.56 Å². The van der Waals surface area contributed by atoms with Crippen molar-refractivity contribution in [3.63, 3.8) is 0 Å². The molecule has 0 bridgehead atoms. The van der Waals surface area contributed by atoms with Gasteiger partial charge in [0, 0.05) is 29.0 Å². The lowest BCUT2D eigenvalue weighted by Crippen LogP contribution is -2.19. The molecule has 0 unspecified atom stereocenters. The van der Waals surface area contributed by atoms with Crippen LogP contribution in [0, 0.1) is 0 Å². The standard InChI is InChI=1S/C19H13ClN2O4/c1-25-19(24)15-8-13(20)6-12-7-14(26-17(12)15)10-22-5-3-11-2-4-21-9-16(11)18(22)23/h2-9H,10H2,1H3. The number of benzene rings is 1. The largest absolute Gasteiger partial charge is 0.465 e. The van der Waals surface area contributed by atoms with E-state index in [1.807, 2.05) is 6.07 Å². The number of hydrogen-bond donors (Lipinski definition) is 0. The molecule has 3 aromatic heterocycles. The highest BCUT2D eigenvalue weighted by Crippen LogP contribution is 2.28. The zero-order valence-corrected chi connectivity index (χ0v) is 14.5. The number of halogens is 1. The van der Waals surface area contributed by atoms with Gasteiger partial charge in [0.2, 0.25) is 0 Å². The van der Waals surface area contributed by atoms with E-state index in [-0.39, 0.29) is 17.7 Å². The van der Waals surface area contributed by atoms with Gasteiger partial charge in [-0.25, -0.2) is 4.79 Å². The second-order valence-corrected chi connectivity index (χ2v) is 6.22. The molecule has 6 nitrogen and oxygen atoms in total. The van der Waals surface area contributed by atoms with E-state index in [0.717, 1.165) is 5.39 Å². The van der Waals surface area contributed by atoms with Crippen LogP contribution in [0.25, 0.3) is 21.7 Å². The molecule has 0 saturated heterocycles. The lowest BCUT2D eigenvalue weighted by molar-refractivity contribution is 0.0601. The first kappa shape index (κ1) is 16.4. The van der Waals surface area contributed by atoms with Crippen LogP contribution in [0.3, 0.4) is 0 Å². The van der Waals surface area contributed by atoms with Crippen LogP contribution in [0.1, 0.15) is 16.1 Å². The fourth-order valence-electron chi connectivity index (χ4n) is 2.92. The zero-order valence-electron chi connectivity index (χ0n) is 13.7. The maximum atomic E-state index is 12.6. The molecule has 1 aromatic carbocycles. The maximum Gasteiger partial charge on any atom is 0.341 e. The quantitative estimate of drug-likeness (QED) is 0.516. The molecule has 0 atom stereocenters. The number of aromatic nitrogens is 2. The molecule has 0 aliphatic rings. The first-order valence-corrected chi connectivity index (χ1v) is 8.18. The van der Waals surface area contributed by atoms with E-state index in [1.54, 1.807) is 36.8 Å². The van der Waals surface area contributed by atoms with Crippen molar-refractivity contribution < 1.29 is 13.9 Å². The van der Waals surface area contributed by atoms with Gasteiger partial charge in [0.05, 0.1) is 19.0 Å².